The van der Waals surface area contributed by atoms with E-state index in [1.165, 1.54) is 0 Å². The fourth-order valence-corrected chi connectivity index (χ4v) is 1.96. The monoisotopic (exact) mass is 284 g/mol. The van der Waals surface area contributed by atoms with E-state index in [4.69, 9.17) is 10.5 Å². The number of ether oxygens (including phenoxy) is 1. The van der Waals surface area contributed by atoms with Crippen molar-refractivity contribution in [2.24, 2.45) is 0 Å². The summed E-state index contributed by atoms with van der Waals surface area (Å²) in [6.45, 7) is 5.45. The molecule has 0 saturated heterocycles. The minimum Gasteiger partial charge on any atom is -0.444 e. The van der Waals surface area contributed by atoms with Crippen LogP contribution in [0.15, 0.2) is 48.5 Å². The van der Waals surface area contributed by atoms with E-state index in [0.29, 0.717) is 11.4 Å². The van der Waals surface area contributed by atoms with Crippen molar-refractivity contribution in [2.75, 3.05) is 11.1 Å². The summed E-state index contributed by atoms with van der Waals surface area (Å²) in [5.74, 6) is 0. The Bertz CT molecular complexity index is 631. The summed E-state index contributed by atoms with van der Waals surface area (Å²) in [7, 11) is 0. The van der Waals surface area contributed by atoms with Gasteiger partial charge in [0.25, 0.3) is 0 Å². The number of para-hydroxylation sites is 1. The van der Waals surface area contributed by atoms with E-state index in [1.807, 2.05) is 63.2 Å². The molecule has 0 aromatic heterocycles. The van der Waals surface area contributed by atoms with Crippen LogP contribution in [0, 0.1) is 0 Å². The van der Waals surface area contributed by atoms with Gasteiger partial charge in [-0.25, -0.2) is 4.79 Å². The number of carbonyl (C=O) groups excluding carboxylic acids is 1. The zero-order valence-electron chi connectivity index (χ0n) is 12.5. The number of nitrogen functional groups attached to an aromatic ring is 1. The zero-order valence-corrected chi connectivity index (χ0v) is 12.5. The highest BCUT2D eigenvalue weighted by Crippen LogP contribution is 2.31. The summed E-state index contributed by atoms with van der Waals surface area (Å²) >= 11 is 0. The number of nitrogens with one attached hydrogen (secondary N) is 1. The SMILES string of the molecule is CC(C)(C)OC(=O)Nc1cccc(-c2ccccc2)c1N. The second-order valence-corrected chi connectivity index (χ2v) is 5.76. The molecule has 0 aliphatic rings. The number of nitrogens with two attached hydrogens (primary N) is 1. The third kappa shape index (κ3) is 3.99. The Balaban J connectivity index is 2.25. The van der Waals surface area contributed by atoms with Crippen molar-refractivity contribution in [2.45, 2.75) is 26.4 Å². The van der Waals surface area contributed by atoms with E-state index in [2.05, 4.69) is 5.32 Å². The van der Waals surface area contributed by atoms with E-state index in [0.717, 1.165) is 11.1 Å². The Hall–Kier alpha value is -2.49. The lowest BCUT2D eigenvalue weighted by Crippen LogP contribution is -2.27. The molecule has 4 heteroatoms. The first-order chi connectivity index (χ1) is 9.87. The first kappa shape index (κ1) is 14.9. The summed E-state index contributed by atoms with van der Waals surface area (Å²) in [5.41, 5.74) is 8.56. The molecule has 1 amide bonds. The van der Waals surface area contributed by atoms with Gasteiger partial charge in [-0.1, -0.05) is 42.5 Å². The Morgan fingerprint density at radius 1 is 1.05 bits per heavy atom. The van der Waals surface area contributed by atoms with Crippen LogP contribution < -0.4 is 11.1 Å². The molecule has 0 radical (unpaired) electrons. The van der Waals surface area contributed by atoms with Crippen LogP contribution in [0.5, 0.6) is 0 Å². The van der Waals surface area contributed by atoms with Gasteiger partial charge >= 0.3 is 6.09 Å². The molecule has 2 aromatic rings. The average Bonchev–Trinajstić information content (AvgIpc) is 2.40. The predicted molar refractivity (Wildman–Crippen MR) is 86.1 cm³/mol. The molecule has 0 atom stereocenters. The smallest absolute Gasteiger partial charge is 0.412 e. The normalized spacial score (nSPS) is 11.0. The van der Waals surface area contributed by atoms with Crippen LogP contribution in [-0.2, 0) is 4.74 Å². The van der Waals surface area contributed by atoms with Gasteiger partial charge in [-0.05, 0) is 32.4 Å². The molecule has 21 heavy (non-hydrogen) atoms. The van der Waals surface area contributed by atoms with Gasteiger partial charge in [-0.3, -0.25) is 5.32 Å². The van der Waals surface area contributed by atoms with Crippen molar-refractivity contribution in [3.05, 3.63) is 48.5 Å². The fourth-order valence-electron chi connectivity index (χ4n) is 1.96. The molecule has 0 heterocycles. The van der Waals surface area contributed by atoms with E-state index in [-0.39, 0.29) is 0 Å². The first-order valence-corrected chi connectivity index (χ1v) is 6.81. The Labute approximate surface area is 124 Å². The second kappa shape index (κ2) is 5.87. The lowest BCUT2D eigenvalue weighted by Gasteiger charge is -2.20. The number of benzene rings is 2. The van der Waals surface area contributed by atoms with Crippen molar-refractivity contribution >= 4 is 17.5 Å². The molecule has 4 nitrogen and oxygen atoms in total. The summed E-state index contributed by atoms with van der Waals surface area (Å²) in [5, 5.41) is 2.69. The van der Waals surface area contributed by atoms with Crippen LogP contribution >= 0.6 is 0 Å². The Kier molecular flexibility index (Phi) is 4.17. The standard InChI is InChI=1S/C17H20N2O2/c1-17(2,3)21-16(20)19-14-11-7-10-13(15(14)18)12-8-5-4-6-9-12/h4-11H,18H2,1-3H3,(H,19,20). The van der Waals surface area contributed by atoms with Gasteiger partial charge in [0.05, 0.1) is 11.4 Å². The van der Waals surface area contributed by atoms with Gasteiger partial charge in [0.1, 0.15) is 5.60 Å². The third-order valence-corrected chi connectivity index (χ3v) is 2.83. The lowest BCUT2D eigenvalue weighted by atomic mass is 10.0. The van der Waals surface area contributed by atoms with Gasteiger partial charge in [-0.2, -0.15) is 0 Å². The second-order valence-electron chi connectivity index (χ2n) is 5.76. The topological polar surface area (TPSA) is 64.3 Å². The summed E-state index contributed by atoms with van der Waals surface area (Å²) in [6, 6.07) is 15.3. The summed E-state index contributed by atoms with van der Waals surface area (Å²) < 4.78 is 5.24. The van der Waals surface area contributed by atoms with E-state index in [1.54, 1.807) is 6.07 Å². The maximum atomic E-state index is 11.8. The first-order valence-electron chi connectivity index (χ1n) is 6.81. The predicted octanol–water partition coefficient (Wildman–Crippen LogP) is 4.28. The Morgan fingerprint density at radius 3 is 2.33 bits per heavy atom. The molecule has 0 aliphatic carbocycles. The molecule has 3 N–H and O–H groups in total. The molecule has 2 rings (SSSR count). The zero-order chi connectivity index (χ0) is 15.5. The highest BCUT2D eigenvalue weighted by molar-refractivity contribution is 5.94. The minimum absolute atomic E-state index is 0.514. The molecule has 0 aliphatic heterocycles. The average molecular weight is 284 g/mol. The van der Waals surface area contributed by atoms with Gasteiger partial charge in [0.2, 0.25) is 0 Å². The quantitative estimate of drug-likeness (QED) is 0.809. The molecular weight excluding hydrogens is 264 g/mol. The van der Waals surface area contributed by atoms with Crippen LogP contribution in [0.25, 0.3) is 11.1 Å². The van der Waals surface area contributed by atoms with Crippen LogP contribution in [0.1, 0.15) is 20.8 Å². The van der Waals surface area contributed by atoms with Gasteiger partial charge < -0.3 is 10.5 Å². The molecule has 0 spiro atoms. The molecule has 0 fully saturated rings. The molecule has 0 saturated carbocycles. The van der Waals surface area contributed by atoms with Crippen molar-refractivity contribution < 1.29 is 9.53 Å². The van der Waals surface area contributed by atoms with Gasteiger partial charge in [0, 0.05) is 5.56 Å². The van der Waals surface area contributed by atoms with E-state index < -0.39 is 11.7 Å². The van der Waals surface area contributed by atoms with Crippen LogP contribution in [0.2, 0.25) is 0 Å². The highest BCUT2D eigenvalue weighted by Gasteiger charge is 2.17. The number of hydrogen-bond acceptors (Lipinski definition) is 3. The van der Waals surface area contributed by atoms with Crippen LogP contribution in [-0.4, -0.2) is 11.7 Å². The van der Waals surface area contributed by atoms with Crippen molar-refractivity contribution in [1.82, 2.24) is 0 Å². The number of hydrogen-bond donors (Lipinski definition) is 2. The minimum atomic E-state index is -0.546. The Morgan fingerprint density at radius 2 is 1.71 bits per heavy atom. The number of anilines is 2. The highest BCUT2D eigenvalue weighted by atomic mass is 16.6. The van der Waals surface area contributed by atoms with Crippen molar-refractivity contribution in [3.8, 4) is 11.1 Å². The summed E-state index contributed by atoms with van der Waals surface area (Å²) in [6.07, 6.45) is -0.514. The van der Waals surface area contributed by atoms with E-state index >= 15 is 0 Å². The van der Waals surface area contributed by atoms with Gasteiger partial charge in [-0.15, -0.1) is 0 Å². The molecular formula is C17H20N2O2. The number of amides is 1. The molecule has 0 bridgehead atoms. The summed E-state index contributed by atoms with van der Waals surface area (Å²) in [4.78, 5) is 11.8. The molecule has 110 valence electrons. The maximum absolute atomic E-state index is 11.8. The van der Waals surface area contributed by atoms with Crippen LogP contribution in [0.3, 0.4) is 0 Å². The molecule has 0 unspecified atom stereocenters. The maximum Gasteiger partial charge on any atom is 0.412 e. The van der Waals surface area contributed by atoms with Crippen molar-refractivity contribution in [3.63, 3.8) is 0 Å². The number of carbonyl (C=O) groups is 1. The number of rotatable bonds is 2. The van der Waals surface area contributed by atoms with Gasteiger partial charge in [0.15, 0.2) is 0 Å². The van der Waals surface area contributed by atoms with Crippen molar-refractivity contribution in [1.29, 1.82) is 0 Å². The van der Waals surface area contributed by atoms with E-state index in [9.17, 15) is 4.79 Å². The lowest BCUT2D eigenvalue weighted by molar-refractivity contribution is 0.0636. The largest absolute Gasteiger partial charge is 0.444 e. The molecule has 2 aromatic carbocycles. The fraction of sp³-hybridized carbons (Fsp3) is 0.235. The van der Waals surface area contributed by atoms with Crippen LogP contribution in [0.4, 0.5) is 16.2 Å². The third-order valence-electron chi connectivity index (χ3n) is 2.83.